The minimum Gasteiger partial charge on any atom is -0.508 e. The number of ether oxygens (including phenoxy) is 1. The largest absolute Gasteiger partial charge is 0.508 e. The van der Waals surface area contributed by atoms with Gasteiger partial charge in [0.25, 0.3) is 0 Å². The maximum Gasteiger partial charge on any atom is 0.119 e. The van der Waals surface area contributed by atoms with Gasteiger partial charge in [-0.05, 0) is 37.2 Å². The van der Waals surface area contributed by atoms with Crippen LogP contribution in [0, 0.1) is 0 Å². The molecule has 21 heavy (non-hydrogen) atoms. The number of aromatic nitrogens is 2. The van der Waals surface area contributed by atoms with Gasteiger partial charge < -0.3 is 19.7 Å². The Morgan fingerprint density at radius 3 is 2.57 bits per heavy atom. The predicted molar refractivity (Wildman–Crippen MR) is 87.8 cm³/mol. The zero-order valence-corrected chi connectivity index (χ0v) is 13.3. The van der Waals surface area contributed by atoms with E-state index in [1.807, 2.05) is 12.5 Å². The summed E-state index contributed by atoms with van der Waals surface area (Å²) in [6.07, 6.45) is 6.65. The molecule has 1 aromatic carbocycles. The van der Waals surface area contributed by atoms with Crippen LogP contribution in [0.4, 0.5) is 0 Å². The first-order chi connectivity index (χ1) is 9.34. The number of hydrogen-bond donors (Lipinski definition) is 2. The Balaban J connectivity index is 0.00000200. The lowest BCUT2D eigenvalue weighted by atomic mass is 10.3. The second-order valence-electron chi connectivity index (χ2n) is 4.25. The van der Waals surface area contributed by atoms with Crippen molar-refractivity contribution in [3.8, 4) is 11.5 Å². The molecule has 0 aliphatic carbocycles. The molecule has 1 aromatic heterocycles. The SMILES string of the molecule is Cl.Cl.Oc1ccc(OCCNCCCn2ccnc2)cc1. The second-order valence-corrected chi connectivity index (χ2v) is 4.25. The standard InChI is InChI=1S/C14H19N3O2.2ClH/c18-13-2-4-14(5-3-13)19-11-8-15-6-1-9-17-10-7-16-12-17;;/h2-5,7,10,12,15,18H,1,6,8-9,11H2;2*1H. The van der Waals surface area contributed by atoms with E-state index in [1.165, 1.54) is 0 Å². The van der Waals surface area contributed by atoms with E-state index >= 15 is 0 Å². The van der Waals surface area contributed by atoms with Crippen LogP contribution in [-0.2, 0) is 6.54 Å². The van der Waals surface area contributed by atoms with Gasteiger partial charge in [0, 0.05) is 25.5 Å². The Bertz CT molecular complexity index is 464. The zero-order chi connectivity index (χ0) is 13.3. The maximum atomic E-state index is 9.13. The van der Waals surface area contributed by atoms with Gasteiger partial charge in [-0.1, -0.05) is 0 Å². The Morgan fingerprint density at radius 1 is 1.14 bits per heavy atom. The molecule has 2 N–H and O–H groups in total. The molecule has 118 valence electrons. The molecule has 0 aliphatic heterocycles. The number of phenolic OH excluding ortho intramolecular Hbond substituents is 1. The number of halogens is 2. The summed E-state index contributed by atoms with van der Waals surface area (Å²) in [7, 11) is 0. The molecule has 7 heteroatoms. The van der Waals surface area contributed by atoms with Gasteiger partial charge in [-0.2, -0.15) is 0 Å². The summed E-state index contributed by atoms with van der Waals surface area (Å²) in [5, 5.41) is 12.5. The predicted octanol–water partition coefficient (Wildman–Crippen LogP) is 2.49. The average molecular weight is 334 g/mol. The van der Waals surface area contributed by atoms with E-state index < -0.39 is 0 Å². The van der Waals surface area contributed by atoms with Crippen molar-refractivity contribution in [3.05, 3.63) is 43.0 Å². The Labute approximate surface area is 137 Å². The van der Waals surface area contributed by atoms with Crippen LogP contribution in [-0.4, -0.2) is 34.4 Å². The molecule has 2 aromatic rings. The molecule has 5 nitrogen and oxygen atoms in total. The average Bonchev–Trinajstić information content (AvgIpc) is 2.93. The number of aryl methyl sites for hydroxylation is 1. The first-order valence-corrected chi connectivity index (χ1v) is 6.43. The number of nitrogens with one attached hydrogen (secondary N) is 1. The van der Waals surface area contributed by atoms with E-state index in [-0.39, 0.29) is 30.6 Å². The highest BCUT2D eigenvalue weighted by Crippen LogP contribution is 2.15. The quantitative estimate of drug-likeness (QED) is 0.728. The van der Waals surface area contributed by atoms with Gasteiger partial charge in [-0.3, -0.25) is 0 Å². The number of benzene rings is 1. The highest BCUT2D eigenvalue weighted by Gasteiger charge is 1.94. The zero-order valence-electron chi connectivity index (χ0n) is 11.6. The number of rotatable bonds is 8. The highest BCUT2D eigenvalue weighted by molar-refractivity contribution is 5.85. The van der Waals surface area contributed by atoms with Crippen LogP contribution in [0.25, 0.3) is 0 Å². The van der Waals surface area contributed by atoms with Crippen molar-refractivity contribution in [3.63, 3.8) is 0 Å². The number of phenols is 1. The van der Waals surface area contributed by atoms with E-state index in [0.717, 1.165) is 31.8 Å². The molecule has 2 rings (SSSR count). The molecule has 0 saturated heterocycles. The first-order valence-electron chi connectivity index (χ1n) is 6.43. The van der Waals surface area contributed by atoms with Gasteiger partial charge in [-0.25, -0.2) is 4.98 Å². The molecule has 0 spiro atoms. The van der Waals surface area contributed by atoms with Crippen molar-refractivity contribution in [2.75, 3.05) is 19.7 Å². The van der Waals surface area contributed by atoms with E-state index in [9.17, 15) is 0 Å². The molecule has 0 atom stereocenters. The van der Waals surface area contributed by atoms with Crippen LogP contribution in [0.5, 0.6) is 11.5 Å². The molecular formula is C14H21Cl2N3O2. The lowest BCUT2D eigenvalue weighted by molar-refractivity contribution is 0.313. The minimum absolute atomic E-state index is 0. The number of aromatic hydroxyl groups is 1. The molecular weight excluding hydrogens is 313 g/mol. The monoisotopic (exact) mass is 333 g/mol. The summed E-state index contributed by atoms with van der Waals surface area (Å²) in [6.45, 7) is 3.36. The topological polar surface area (TPSA) is 59.3 Å². The molecule has 0 amide bonds. The van der Waals surface area contributed by atoms with Gasteiger partial charge in [-0.15, -0.1) is 24.8 Å². The smallest absolute Gasteiger partial charge is 0.119 e. The lowest BCUT2D eigenvalue weighted by Crippen LogP contribution is -2.22. The van der Waals surface area contributed by atoms with Crippen molar-refractivity contribution in [2.24, 2.45) is 0 Å². The van der Waals surface area contributed by atoms with Gasteiger partial charge in [0.15, 0.2) is 0 Å². The fraction of sp³-hybridized carbons (Fsp3) is 0.357. The van der Waals surface area contributed by atoms with E-state index in [2.05, 4.69) is 14.9 Å². The lowest BCUT2D eigenvalue weighted by Gasteiger charge is -2.07. The summed E-state index contributed by atoms with van der Waals surface area (Å²) >= 11 is 0. The van der Waals surface area contributed by atoms with Crippen molar-refractivity contribution in [1.29, 1.82) is 0 Å². The van der Waals surface area contributed by atoms with Gasteiger partial charge >= 0.3 is 0 Å². The summed E-state index contributed by atoms with van der Waals surface area (Å²) in [5.74, 6) is 1.03. The molecule has 0 radical (unpaired) electrons. The van der Waals surface area contributed by atoms with Crippen LogP contribution in [0.2, 0.25) is 0 Å². The number of hydrogen-bond acceptors (Lipinski definition) is 4. The van der Waals surface area contributed by atoms with Crippen LogP contribution in [0.1, 0.15) is 6.42 Å². The third kappa shape index (κ3) is 7.80. The van der Waals surface area contributed by atoms with Crippen molar-refractivity contribution < 1.29 is 9.84 Å². The van der Waals surface area contributed by atoms with Crippen LogP contribution in [0.15, 0.2) is 43.0 Å². The molecule has 1 heterocycles. The third-order valence-electron chi connectivity index (χ3n) is 2.71. The molecule has 0 unspecified atom stereocenters. The Kier molecular flexibility index (Phi) is 10.5. The van der Waals surface area contributed by atoms with Crippen molar-refractivity contribution >= 4 is 24.8 Å². The molecule has 0 fully saturated rings. The maximum absolute atomic E-state index is 9.13. The second kappa shape index (κ2) is 11.3. The van der Waals surface area contributed by atoms with Gasteiger partial charge in [0.2, 0.25) is 0 Å². The summed E-state index contributed by atoms with van der Waals surface area (Å²) < 4.78 is 7.59. The van der Waals surface area contributed by atoms with E-state index in [1.54, 1.807) is 30.5 Å². The fourth-order valence-electron chi connectivity index (χ4n) is 1.71. The van der Waals surface area contributed by atoms with Crippen molar-refractivity contribution in [2.45, 2.75) is 13.0 Å². The van der Waals surface area contributed by atoms with E-state index in [4.69, 9.17) is 9.84 Å². The first kappa shape index (κ1) is 19.6. The van der Waals surface area contributed by atoms with Gasteiger partial charge in [0.1, 0.15) is 18.1 Å². The van der Waals surface area contributed by atoms with E-state index in [0.29, 0.717) is 6.61 Å². The molecule has 0 aliphatic rings. The Morgan fingerprint density at radius 2 is 1.90 bits per heavy atom. The summed E-state index contributed by atoms with van der Waals surface area (Å²) in [5.41, 5.74) is 0. The van der Waals surface area contributed by atoms with Crippen molar-refractivity contribution in [1.82, 2.24) is 14.9 Å². The normalized spacial score (nSPS) is 9.52. The van der Waals surface area contributed by atoms with Gasteiger partial charge in [0.05, 0.1) is 6.33 Å². The minimum atomic E-state index is 0. The number of nitrogens with zero attached hydrogens (tertiary/aromatic N) is 2. The Hall–Kier alpha value is -1.43. The summed E-state index contributed by atoms with van der Waals surface area (Å²) in [6, 6.07) is 6.75. The fourth-order valence-corrected chi connectivity index (χ4v) is 1.71. The summed E-state index contributed by atoms with van der Waals surface area (Å²) in [4.78, 5) is 4.00. The van der Waals surface area contributed by atoms with Crippen LogP contribution < -0.4 is 10.1 Å². The van der Waals surface area contributed by atoms with Crippen LogP contribution >= 0.6 is 24.8 Å². The highest BCUT2D eigenvalue weighted by atomic mass is 35.5. The molecule has 0 saturated carbocycles. The van der Waals surface area contributed by atoms with Crippen LogP contribution in [0.3, 0.4) is 0 Å². The third-order valence-corrected chi connectivity index (χ3v) is 2.71. The number of imidazole rings is 1. The molecule has 0 bridgehead atoms.